The minimum atomic E-state index is 0.249. The van der Waals surface area contributed by atoms with Crippen LogP contribution in [0.5, 0.6) is 0 Å². The first kappa shape index (κ1) is 13.3. The zero-order chi connectivity index (χ0) is 12.0. The molecule has 0 aliphatic heterocycles. The van der Waals surface area contributed by atoms with Gasteiger partial charge in [-0.25, -0.2) is 0 Å². The van der Waals surface area contributed by atoms with Crippen molar-refractivity contribution in [3.8, 4) is 0 Å². The predicted octanol–water partition coefficient (Wildman–Crippen LogP) is 1.19. The van der Waals surface area contributed by atoms with E-state index in [0.29, 0.717) is 17.9 Å². The Bertz CT molecular complexity index is 220. The highest BCUT2D eigenvalue weighted by Gasteiger charge is 2.27. The van der Waals surface area contributed by atoms with Gasteiger partial charge in [0.05, 0.1) is 0 Å². The average molecular weight is 227 g/mol. The van der Waals surface area contributed by atoms with Crippen LogP contribution in [0.15, 0.2) is 4.99 Å². The van der Waals surface area contributed by atoms with E-state index in [1.165, 1.54) is 12.8 Å². The van der Waals surface area contributed by atoms with E-state index < -0.39 is 0 Å². The second kappa shape index (κ2) is 6.74. The van der Waals surface area contributed by atoms with Gasteiger partial charge in [0, 0.05) is 26.2 Å². The van der Waals surface area contributed by atoms with Crippen molar-refractivity contribution in [2.75, 3.05) is 20.2 Å². The first-order chi connectivity index (χ1) is 7.69. The fourth-order valence-electron chi connectivity index (χ4n) is 1.90. The second-order valence-corrected chi connectivity index (χ2v) is 4.71. The highest BCUT2D eigenvalue weighted by molar-refractivity contribution is 5.78. The molecule has 16 heavy (non-hydrogen) atoms. The number of rotatable bonds is 7. The number of nitrogens with zero attached hydrogens (tertiary/aromatic N) is 2. The summed E-state index contributed by atoms with van der Waals surface area (Å²) in [7, 11) is 2.01. The van der Waals surface area contributed by atoms with Crippen LogP contribution in [0.4, 0.5) is 0 Å². The third kappa shape index (κ3) is 4.39. The summed E-state index contributed by atoms with van der Waals surface area (Å²) in [5, 5.41) is 8.95. The van der Waals surface area contributed by atoms with Gasteiger partial charge in [-0.15, -0.1) is 0 Å². The van der Waals surface area contributed by atoms with Crippen molar-refractivity contribution in [3.63, 3.8) is 0 Å². The lowest BCUT2D eigenvalue weighted by Gasteiger charge is -2.18. The van der Waals surface area contributed by atoms with E-state index in [2.05, 4.69) is 16.8 Å². The van der Waals surface area contributed by atoms with Crippen LogP contribution in [-0.4, -0.2) is 42.2 Å². The van der Waals surface area contributed by atoms with Gasteiger partial charge in [-0.3, -0.25) is 4.99 Å². The quantitative estimate of drug-likeness (QED) is 0.507. The summed E-state index contributed by atoms with van der Waals surface area (Å²) in [5.41, 5.74) is 5.91. The molecule has 1 saturated carbocycles. The molecule has 0 amide bonds. The highest BCUT2D eigenvalue weighted by atomic mass is 16.3. The van der Waals surface area contributed by atoms with Crippen molar-refractivity contribution in [1.82, 2.24) is 4.90 Å². The Morgan fingerprint density at radius 1 is 1.50 bits per heavy atom. The predicted molar refractivity (Wildman–Crippen MR) is 67.4 cm³/mol. The van der Waals surface area contributed by atoms with Crippen molar-refractivity contribution in [2.24, 2.45) is 16.6 Å². The normalized spacial score (nSPS) is 18.6. The molecule has 1 aliphatic rings. The summed E-state index contributed by atoms with van der Waals surface area (Å²) in [5.74, 6) is 1.13. The first-order valence-electron chi connectivity index (χ1n) is 6.32. The van der Waals surface area contributed by atoms with Gasteiger partial charge in [0.2, 0.25) is 0 Å². The molecule has 0 radical (unpaired) electrons. The second-order valence-electron chi connectivity index (χ2n) is 4.71. The van der Waals surface area contributed by atoms with Crippen molar-refractivity contribution in [3.05, 3.63) is 0 Å². The third-order valence-electron chi connectivity index (χ3n) is 3.20. The van der Waals surface area contributed by atoms with Gasteiger partial charge in [0.25, 0.3) is 0 Å². The molecular weight excluding hydrogens is 202 g/mol. The molecule has 3 N–H and O–H groups in total. The standard InChI is InChI=1S/C12H25N3O/c1-3-4-10(7-8-16)9-14-12(13)15(2)11-5-6-11/h10-11,16H,3-9H2,1-2H3,(H2,13,14). The SMILES string of the molecule is CCCC(CCO)CN=C(N)N(C)C1CC1. The van der Waals surface area contributed by atoms with Gasteiger partial charge in [-0.1, -0.05) is 13.3 Å². The van der Waals surface area contributed by atoms with Crippen LogP contribution in [0.2, 0.25) is 0 Å². The largest absolute Gasteiger partial charge is 0.396 e. The zero-order valence-corrected chi connectivity index (χ0v) is 10.5. The Morgan fingerprint density at radius 2 is 2.19 bits per heavy atom. The Kier molecular flexibility index (Phi) is 5.60. The molecule has 0 bridgehead atoms. The van der Waals surface area contributed by atoms with E-state index in [9.17, 15) is 0 Å². The van der Waals surface area contributed by atoms with Crippen molar-refractivity contribution in [2.45, 2.75) is 45.1 Å². The molecule has 4 nitrogen and oxygen atoms in total. The van der Waals surface area contributed by atoms with E-state index in [-0.39, 0.29) is 6.61 Å². The van der Waals surface area contributed by atoms with E-state index >= 15 is 0 Å². The summed E-state index contributed by atoms with van der Waals surface area (Å²) < 4.78 is 0. The average Bonchev–Trinajstić information content (AvgIpc) is 3.09. The lowest BCUT2D eigenvalue weighted by atomic mass is 10.0. The molecule has 1 unspecified atom stereocenters. The number of aliphatic imine (C=N–C) groups is 1. The lowest BCUT2D eigenvalue weighted by molar-refractivity contribution is 0.253. The maximum atomic E-state index is 8.95. The van der Waals surface area contributed by atoms with Gasteiger partial charge in [-0.2, -0.15) is 0 Å². The Morgan fingerprint density at radius 3 is 2.69 bits per heavy atom. The molecule has 0 spiro atoms. The molecule has 0 aromatic rings. The van der Waals surface area contributed by atoms with Crippen LogP contribution < -0.4 is 5.73 Å². The van der Waals surface area contributed by atoms with Crippen LogP contribution >= 0.6 is 0 Å². The molecule has 0 heterocycles. The molecule has 0 aromatic carbocycles. The summed E-state index contributed by atoms with van der Waals surface area (Å²) in [4.78, 5) is 6.50. The molecule has 1 fully saturated rings. The number of aliphatic hydroxyl groups is 1. The summed E-state index contributed by atoms with van der Waals surface area (Å²) in [6, 6.07) is 0.617. The van der Waals surface area contributed by atoms with Crippen LogP contribution in [-0.2, 0) is 0 Å². The molecule has 0 aromatic heterocycles. The smallest absolute Gasteiger partial charge is 0.191 e. The highest BCUT2D eigenvalue weighted by Crippen LogP contribution is 2.25. The van der Waals surface area contributed by atoms with Crippen molar-refractivity contribution >= 4 is 5.96 Å². The van der Waals surface area contributed by atoms with Crippen LogP contribution in [0.3, 0.4) is 0 Å². The summed E-state index contributed by atoms with van der Waals surface area (Å²) in [6.07, 6.45) is 5.56. The lowest BCUT2D eigenvalue weighted by Crippen LogP contribution is -2.36. The zero-order valence-electron chi connectivity index (χ0n) is 10.5. The molecule has 1 atom stereocenters. The number of nitrogens with two attached hydrogens (primary N) is 1. The fourth-order valence-corrected chi connectivity index (χ4v) is 1.90. The fraction of sp³-hybridized carbons (Fsp3) is 0.917. The third-order valence-corrected chi connectivity index (χ3v) is 3.20. The van der Waals surface area contributed by atoms with Crippen LogP contribution in [0, 0.1) is 5.92 Å². The van der Waals surface area contributed by atoms with E-state index in [0.717, 1.165) is 25.8 Å². The van der Waals surface area contributed by atoms with Gasteiger partial charge in [0.15, 0.2) is 5.96 Å². The Hall–Kier alpha value is -0.770. The van der Waals surface area contributed by atoms with Gasteiger partial charge >= 0.3 is 0 Å². The van der Waals surface area contributed by atoms with Crippen molar-refractivity contribution < 1.29 is 5.11 Å². The van der Waals surface area contributed by atoms with Crippen molar-refractivity contribution in [1.29, 1.82) is 0 Å². The number of aliphatic hydroxyl groups excluding tert-OH is 1. The van der Waals surface area contributed by atoms with Gasteiger partial charge in [0.1, 0.15) is 0 Å². The molecule has 1 aliphatic carbocycles. The molecule has 4 heteroatoms. The van der Waals surface area contributed by atoms with Crippen LogP contribution in [0.25, 0.3) is 0 Å². The van der Waals surface area contributed by atoms with E-state index in [4.69, 9.17) is 10.8 Å². The van der Waals surface area contributed by atoms with Crippen LogP contribution in [0.1, 0.15) is 39.0 Å². The molecule has 1 rings (SSSR count). The minimum Gasteiger partial charge on any atom is -0.396 e. The minimum absolute atomic E-state index is 0.249. The number of hydrogen-bond acceptors (Lipinski definition) is 2. The van der Waals surface area contributed by atoms with Gasteiger partial charge < -0.3 is 15.7 Å². The topological polar surface area (TPSA) is 61.9 Å². The molecule has 94 valence electrons. The van der Waals surface area contributed by atoms with E-state index in [1.54, 1.807) is 0 Å². The monoisotopic (exact) mass is 227 g/mol. The maximum absolute atomic E-state index is 8.95. The Balaban J connectivity index is 2.34. The molecule has 0 saturated heterocycles. The van der Waals surface area contributed by atoms with Gasteiger partial charge in [-0.05, 0) is 31.6 Å². The Labute approximate surface area is 98.5 Å². The number of guanidine groups is 1. The van der Waals surface area contributed by atoms with E-state index in [1.807, 2.05) is 7.05 Å². The summed E-state index contributed by atoms with van der Waals surface area (Å²) >= 11 is 0. The number of hydrogen-bond donors (Lipinski definition) is 2. The molecular formula is C12H25N3O. The summed E-state index contributed by atoms with van der Waals surface area (Å²) in [6.45, 7) is 3.16. The maximum Gasteiger partial charge on any atom is 0.191 e. The first-order valence-corrected chi connectivity index (χ1v) is 6.32.